The van der Waals surface area contributed by atoms with Crippen molar-refractivity contribution < 1.29 is 0 Å². The second kappa shape index (κ2) is 3.80. The maximum Gasteiger partial charge on any atom is 0.0406 e. The molecular weight excluding hydrogens is 194 g/mol. The van der Waals surface area contributed by atoms with Gasteiger partial charge in [0, 0.05) is 17.8 Å². The largest absolute Gasteiger partial charge is 0.366 e. The molecule has 0 N–H and O–H groups in total. The van der Waals surface area contributed by atoms with E-state index in [0.29, 0.717) is 5.92 Å². The molecule has 1 unspecified atom stereocenters. The quantitative estimate of drug-likeness (QED) is 0.684. The van der Waals surface area contributed by atoms with Crippen molar-refractivity contribution in [2.45, 2.75) is 52.5 Å². The molecule has 0 spiro atoms. The van der Waals surface area contributed by atoms with Crippen LogP contribution in [0.3, 0.4) is 0 Å². The number of fused-ring (bicyclic) bond motifs is 1. The SMILES string of the molecule is CCN1c2ccc(C)cc2C(C)CC1(C)C. The molecule has 0 fully saturated rings. The zero-order valence-corrected chi connectivity index (χ0v) is 11.2. The van der Waals surface area contributed by atoms with Gasteiger partial charge in [0.05, 0.1) is 0 Å². The van der Waals surface area contributed by atoms with Crippen LogP contribution in [0.5, 0.6) is 0 Å². The summed E-state index contributed by atoms with van der Waals surface area (Å²) in [5.74, 6) is 0.674. The van der Waals surface area contributed by atoms with Crippen LogP contribution in [0.4, 0.5) is 5.69 Å². The molecule has 2 rings (SSSR count). The summed E-state index contributed by atoms with van der Waals surface area (Å²) < 4.78 is 0. The zero-order chi connectivity index (χ0) is 11.9. The van der Waals surface area contributed by atoms with Crippen LogP contribution in [0.25, 0.3) is 0 Å². The molecule has 0 aromatic heterocycles. The minimum atomic E-state index is 0.288. The fourth-order valence-electron chi connectivity index (χ4n) is 3.21. The Bertz CT molecular complexity index is 392. The highest BCUT2D eigenvalue weighted by Crippen LogP contribution is 2.43. The van der Waals surface area contributed by atoms with Gasteiger partial charge in [-0.15, -0.1) is 0 Å². The number of benzene rings is 1. The predicted molar refractivity (Wildman–Crippen MR) is 71.3 cm³/mol. The van der Waals surface area contributed by atoms with Crippen molar-refractivity contribution in [3.05, 3.63) is 29.3 Å². The molecule has 1 heteroatoms. The molecule has 1 aliphatic rings. The van der Waals surface area contributed by atoms with Crippen LogP contribution in [-0.2, 0) is 0 Å². The number of hydrogen-bond donors (Lipinski definition) is 0. The van der Waals surface area contributed by atoms with E-state index >= 15 is 0 Å². The molecule has 1 aromatic rings. The van der Waals surface area contributed by atoms with Crippen molar-refractivity contribution in [3.63, 3.8) is 0 Å². The third-order valence-corrected chi connectivity index (χ3v) is 3.86. The maximum absolute atomic E-state index is 2.54. The molecule has 1 atom stereocenters. The zero-order valence-electron chi connectivity index (χ0n) is 11.2. The predicted octanol–water partition coefficient (Wildman–Crippen LogP) is 4.11. The fraction of sp³-hybridized carbons (Fsp3) is 0.600. The fourth-order valence-corrected chi connectivity index (χ4v) is 3.21. The van der Waals surface area contributed by atoms with E-state index < -0.39 is 0 Å². The van der Waals surface area contributed by atoms with Gasteiger partial charge in [0.1, 0.15) is 0 Å². The summed E-state index contributed by atoms with van der Waals surface area (Å²) in [7, 11) is 0. The van der Waals surface area contributed by atoms with Gasteiger partial charge in [-0.2, -0.15) is 0 Å². The molecule has 1 aromatic carbocycles. The first-order valence-electron chi connectivity index (χ1n) is 6.34. The first-order valence-corrected chi connectivity index (χ1v) is 6.34. The molecule has 88 valence electrons. The van der Waals surface area contributed by atoms with Crippen LogP contribution < -0.4 is 4.90 Å². The number of nitrogens with zero attached hydrogens (tertiary/aromatic N) is 1. The van der Waals surface area contributed by atoms with E-state index in [-0.39, 0.29) is 5.54 Å². The van der Waals surface area contributed by atoms with E-state index in [0.717, 1.165) is 6.54 Å². The number of hydrogen-bond acceptors (Lipinski definition) is 1. The first-order chi connectivity index (χ1) is 7.45. The normalized spacial score (nSPS) is 23.1. The molecule has 0 saturated heterocycles. The standard InChI is InChI=1S/C15H23N/c1-6-16-14-8-7-11(2)9-13(14)12(3)10-15(16,4)5/h7-9,12H,6,10H2,1-5H3. The third kappa shape index (κ3) is 1.73. The summed E-state index contributed by atoms with van der Waals surface area (Å²) in [5, 5.41) is 0. The van der Waals surface area contributed by atoms with Crippen LogP contribution in [0.15, 0.2) is 18.2 Å². The Kier molecular flexibility index (Phi) is 2.73. The molecule has 0 radical (unpaired) electrons. The topological polar surface area (TPSA) is 3.24 Å². The molecule has 0 bridgehead atoms. The van der Waals surface area contributed by atoms with Gasteiger partial charge < -0.3 is 4.90 Å². The highest BCUT2D eigenvalue weighted by Gasteiger charge is 2.35. The molecule has 0 saturated carbocycles. The Morgan fingerprint density at radius 2 is 2.06 bits per heavy atom. The van der Waals surface area contributed by atoms with Crippen molar-refractivity contribution in [1.82, 2.24) is 0 Å². The van der Waals surface area contributed by atoms with Crippen LogP contribution >= 0.6 is 0 Å². The lowest BCUT2D eigenvalue weighted by atomic mass is 9.79. The van der Waals surface area contributed by atoms with Crippen molar-refractivity contribution >= 4 is 5.69 Å². The van der Waals surface area contributed by atoms with Gasteiger partial charge in [0.25, 0.3) is 0 Å². The summed E-state index contributed by atoms with van der Waals surface area (Å²) in [4.78, 5) is 2.54. The number of anilines is 1. The van der Waals surface area contributed by atoms with E-state index in [1.807, 2.05) is 0 Å². The van der Waals surface area contributed by atoms with Gasteiger partial charge in [-0.25, -0.2) is 0 Å². The van der Waals surface area contributed by atoms with E-state index in [2.05, 4.69) is 57.7 Å². The van der Waals surface area contributed by atoms with Crippen molar-refractivity contribution in [2.75, 3.05) is 11.4 Å². The lowest BCUT2D eigenvalue weighted by Gasteiger charge is -2.47. The highest BCUT2D eigenvalue weighted by molar-refractivity contribution is 5.60. The van der Waals surface area contributed by atoms with E-state index in [9.17, 15) is 0 Å². The molecule has 0 aliphatic carbocycles. The molecule has 1 heterocycles. The van der Waals surface area contributed by atoms with Gasteiger partial charge in [-0.05, 0) is 51.7 Å². The Labute approximate surface area is 99.5 Å². The number of rotatable bonds is 1. The summed E-state index contributed by atoms with van der Waals surface area (Å²) in [6.07, 6.45) is 1.25. The minimum absolute atomic E-state index is 0.288. The minimum Gasteiger partial charge on any atom is -0.366 e. The number of aryl methyl sites for hydroxylation is 1. The Hall–Kier alpha value is -0.980. The highest BCUT2D eigenvalue weighted by atomic mass is 15.2. The van der Waals surface area contributed by atoms with E-state index in [4.69, 9.17) is 0 Å². The Morgan fingerprint density at radius 1 is 1.38 bits per heavy atom. The van der Waals surface area contributed by atoms with Crippen molar-refractivity contribution in [1.29, 1.82) is 0 Å². The summed E-state index contributed by atoms with van der Waals surface area (Å²) in [6, 6.07) is 6.89. The second-order valence-corrected chi connectivity index (χ2v) is 5.72. The van der Waals surface area contributed by atoms with Gasteiger partial charge in [0.15, 0.2) is 0 Å². The average Bonchev–Trinajstić information content (AvgIpc) is 2.18. The lowest BCUT2D eigenvalue weighted by molar-refractivity contribution is 0.381. The van der Waals surface area contributed by atoms with Crippen molar-refractivity contribution in [3.8, 4) is 0 Å². The monoisotopic (exact) mass is 217 g/mol. The summed E-state index contributed by atoms with van der Waals surface area (Å²) in [6.45, 7) is 12.6. The second-order valence-electron chi connectivity index (χ2n) is 5.72. The van der Waals surface area contributed by atoms with Crippen molar-refractivity contribution in [2.24, 2.45) is 0 Å². The average molecular weight is 217 g/mol. The summed E-state index contributed by atoms with van der Waals surface area (Å²) in [5.41, 5.74) is 4.63. The van der Waals surface area contributed by atoms with Gasteiger partial charge >= 0.3 is 0 Å². The molecule has 0 amide bonds. The van der Waals surface area contributed by atoms with Crippen LogP contribution in [0.1, 0.15) is 51.2 Å². The lowest BCUT2D eigenvalue weighted by Crippen LogP contribution is -2.48. The van der Waals surface area contributed by atoms with Crippen LogP contribution in [0.2, 0.25) is 0 Å². The third-order valence-electron chi connectivity index (χ3n) is 3.86. The molecular formula is C15H23N. The van der Waals surface area contributed by atoms with Gasteiger partial charge in [-0.3, -0.25) is 0 Å². The Morgan fingerprint density at radius 3 is 2.69 bits per heavy atom. The van der Waals surface area contributed by atoms with Gasteiger partial charge in [0.2, 0.25) is 0 Å². The van der Waals surface area contributed by atoms with Crippen LogP contribution in [0, 0.1) is 6.92 Å². The molecule has 1 nitrogen and oxygen atoms in total. The summed E-state index contributed by atoms with van der Waals surface area (Å²) >= 11 is 0. The van der Waals surface area contributed by atoms with E-state index in [1.54, 1.807) is 0 Å². The first kappa shape index (κ1) is 11.5. The molecule has 16 heavy (non-hydrogen) atoms. The Balaban J connectivity index is 2.54. The molecule has 1 aliphatic heterocycles. The maximum atomic E-state index is 2.54. The van der Waals surface area contributed by atoms with E-state index in [1.165, 1.54) is 23.2 Å². The smallest absolute Gasteiger partial charge is 0.0406 e. The van der Waals surface area contributed by atoms with Crippen LogP contribution in [-0.4, -0.2) is 12.1 Å². The van der Waals surface area contributed by atoms with Gasteiger partial charge in [-0.1, -0.05) is 24.6 Å².